The van der Waals surface area contributed by atoms with Gasteiger partial charge in [-0.1, -0.05) is 12.1 Å². The molecule has 0 radical (unpaired) electrons. The van der Waals surface area contributed by atoms with Crippen LogP contribution in [-0.4, -0.2) is 31.5 Å². The summed E-state index contributed by atoms with van der Waals surface area (Å²) in [4.78, 5) is 0. The quantitative estimate of drug-likeness (QED) is 0.853. The highest BCUT2D eigenvalue weighted by atomic mass is 16.5. The molecule has 106 valence electrons. The van der Waals surface area contributed by atoms with E-state index in [0.717, 1.165) is 24.2 Å². The van der Waals surface area contributed by atoms with Crippen molar-refractivity contribution in [1.82, 2.24) is 0 Å². The second kappa shape index (κ2) is 6.37. The lowest BCUT2D eigenvalue weighted by Crippen LogP contribution is -2.41. The molecule has 1 aliphatic rings. The summed E-state index contributed by atoms with van der Waals surface area (Å²) in [5.41, 5.74) is 6.53. The van der Waals surface area contributed by atoms with Crippen LogP contribution in [0.25, 0.3) is 0 Å². The second-order valence-corrected chi connectivity index (χ2v) is 5.09. The van der Waals surface area contributed by atoms with E-state index in [0.29, 0.717) is 26.4 Å². The second-order valence-electron chi connectivity index (χ2n) is 5.09. The number of hydrogen-bond donors (Lipinski definition) is 2. The minimum atomic E-state index is -0.568. The van der Waals surface area contributed by atoms with Gasteiger partial charge in [-0.25, -0.2) is 0 Å². The summed E-state index contributed by atoms with van der Waals surface area (Å²) >= 11 is 0. The molecule has 1 fully saturated rings. The number of aliphatic hydroxyl groups excluding tert-OH is 1. The molecule has 2 rings (SSSR count). The summed E-state index contributed by atoms with van der Waals surface area (Å²) in [6, 6.07) is 7.65. The number of nitrogens with two attached hydrogens (primary N) is 1. The molecule has 1 aromatic carbocycles. The Kier molecular flexibility index (Phi) is 4.80. The van der Waals surface area contributed by atoms with Crippen LogP contribution < -0.4 is 10.5 Å². The SMILES string of the molecule is CCOc1cccc(C(O)C2(CN)CCOCC2)c1. The van der Waals surface area contributed by atoms with Crippen LogP contribution in [0.5, 0.6) is 5.75 Å². The van der Waals surface area contributed by atoms with Crippen LogP contribution in [0.15, 0.2) is 24.3 Å². The molecule has 0 aliphatic carbocycles. The lowest BCUT2D eigenvalue weighted by atomic mass is 9.73. The zero-order valence-electron chi connectivity index (χ0n) is 11.5. The van der Waals surface area contributed by atoms with Crippen LogP contribution in [0.3, 0.4) is 0 Å². The standard InChI is InChI=1S/C15H23NO3/c1-2-19-13-5-3-4-12(10-13)14(17)15(11-16)6-8-18-9-7-15/h3-5,10,14,17H,2,6-9,11,16H2,1H3. The molecule has 0 spiro atoms. The highest BCUT2D eigenvalue weighted by Crippen LogP contribution is 2.42. The third kappa shape index (κ3) is 3.08. The predicted octanol–water partition coefficient (Wildman–Crippen LogP) is 1.87. The summed E-state index contributed by atoms with van der Waals surface area (Å²) in [5, 5.41) is 10.7. The molecule has 1 aromatic rings. The monoisotopic (exact) mass is 265 g/mol. The van der Waals surface area contributed by atoms with Gasteiger partial charge in [0, 0.05) is 25.2 Å². The smallest absolute Gasteiger partial charge is 0.119 e. The third-order valence-electron chi connectivity index (χ3n) is 3.96. The first-order valence-corrected chi connectivity index (χ1v) is 6.90. The van der Waals surface area contributed by atoms with Crippen LogP contribution >= 0.6 is 0 Å². The molecule has 0 amide bonds. The van der Waals surface area contributed by atoms with Gasteiger partial charge in [-0.15, -0.1) is 0 Å². The number of aliphatic hydroxyl groups is 1. The van der Waals surface area contributed by atoms with Crippen LogP contribution in [-0.2, 0) is 4.74 Å². The fourth-order valence-corrected chi connectivity index (χ4v) is 2.66. The Bertz CT molecular complexity index is 402. The summed E-state index contributed by atoms with van der Waals surface area (Å²) in [5.74, 6) is 0.790. The van der Waals surface area contributed by atoms with Gasteiger partial charge in [-0.2, -0.15) is 0 Å². The third-order valence-corrected chi connectivity index (χ3v) is 3.96. The minimum absolute atomic E-state index is 0.275. The van der Waals surface area contributed by atoms with Gasteiger partial charge in [0.1, 0.15) is 5.75 Å². The van der Waals surface area contributed by atoms with Crippen molar-refractivity contribution in [3.05, 3.63) is 29.8 Å². The number of benzene rings is 1. The Morgan fingerprint density at radius 1 is 1.42 bits per heavy atom. The van der Waals surface area contributed by atoms with E-state index in [-0.39, 0.29) is 5.41 Å². The predicted molar refractivity (Wildman–Crippen MR) is 74.1 cm³/mol. The van der Waals surface area contributed by atoms with Crippen LogP contribution in [0.1, 0.15) is 31.4 Å². The van der Waals surface area contributed by atoms with Crippen molar-refractivity contribution in [2.24, 2.45) is 11.1 Å². The van der Waals surface area contributed by atoms with E-state index < -0.39 is 6.10 Å². The van der Waals surface area contributed by atoms with Gasteiger partial charge >= 0.3 is 0 Å². The van der Waals surface area contributed by atoms with Crippen molar-refractivity contribution in [2.45, 2.75) is 25.9 Å². The first-order chi connectivity index (χ1) is 9.22. The van der Waals surface area contributed by atoms with Gasteiger partial charge in [0.05, 0.1) is 12.7 Å². The summed E-state index contributed by atoms with van der Waals surface area (Å²) in [7, 11) is 0. The van der Waals surface area contributed by atoms with Crippen molar-refractivity contribution >= 4 is 0 Å². The van der Waals surface area contributed by atoms with Gasteiger partial charge < -0.3 is 20.3 Å². The van der Waals surface area contributed by atoms with Crippen molar-refractivity contribution < 1.29 is 14.6 Å². The molecule has 1 atom stereocenters. The maximum Gasteiger partial charge on any atom is 0.119 e. The Balaban J connectivity index is 2.21. The van der Waals surface area contributed by atoms with Gasteiger partial charge in [0.2, 0.25) is 0 Å². The molecule has 1 heterocycles. The van der Waals surface area contributed by atoms with E-state index in [2.05, 4.69) is 0 Å². The lowest BCUT2D eigenvalue weighted by molar-refractivity contribution is -0.0582. The first kappa shape index (κ1) is 14.3. The van der Waals surface area contributed by atoms with E-state index in [1.165, 1.54) is 0 Å². The molecule has 1 aliphatic heterocycles. The Labute approximate surface area is 114 Å². The molecule has 0 aromatic heterocycles. The summed E-state index contributed by atoms with van der Waals surface area (Å²) in [6.45, 7) is 4.37. The van der Waals surface area contributed by atoms with Gasteiger partial charge in [-0.3, -0.25) is 0 Å². The van der Waals surface area contributed by atoms with Crippen molar-refractivity contribution in [1.29, 1.82) is 0 Å². The Morgan fingerprint density at radius 3 is 2.79 bits per heavy atom. The molecular formula is C15H23NO3. The number of ether oxygens (including phenoxy) is 2. The fourth-order valence-electron chi connectivity index (χ4n) is 2.66. The van der Waals surface area contributed by atoms with Gasteiger partial charge in [0.25, 0.3) is 0 Å². The van der Waals surface area contributed by atoms with Crippen LogP contribution in [0.2, 0.25) is 0 Å². The van der Waals surface area contributed by atoms with E-state index in [9.17, 15) is 5.11 Å². The molecular weight excluding hydrogens is 242 g/mol. The molecule has 1 unspecified atom stereocenters. The molecule has 3 N–H and O–H groups in total. The van der Waals surface area contributed by atoms with E-state index in [1.807, 2.05) is 31.2 Å². The lowest BCUT2D eigenvalue weighted by Gasteiger charge is -2.40. The average Bonchev–Trinajstić information content (AvgIpc) is 2.48. The molecule has 1 saturated heterocycles. The number of rotatable bonds is 5. The largest absolute Gasteiger partial charge is 0.494 e. The Hall–Kier alpha value is -1.10. The Morgan fingerprint density at radius 2 is 2.16 bits per heavy atom. The molecule has 4 nitrogen and oxygen atoms in total. The highest BCUT2D eigenvalue weighted by molar-refractivity contribution is 5.31. The summed E-state index contributed by atoms with van der Waals surface area (Å²) < 4.78 is 10.9. The molecule has 0 saturated carbocycles. The fraction of sp³-hybridized carbons (Fsp3) is 0.600. The maximum atomic E-state index is 10.7. The van der Waals surface area contributed by atoms with Crippen LogP contribution in [0.4, 0.5) is 0 Å². The normalized spacial score (nSPS) is 19.9. The minimum Gasteiger partial charge on any atom is -0.494 e. The van der Waals surface area contributed by atoms with Crippen molar-refractivity contribution in [3.8, 4) is 5.75 Å². The molecule has 19 heavy (non-hydrogen) atoms. The van der Waals surface area contributed by atoms with Crippen LogP contribution in [0, 0.1) is 5.41 Å². The molecule has 4 heteroatoms. The van der Waals surface area contributed by atoms with E-state index >= 15 is 0 Å². The van der Waals surface area contributed by atoms with E-state index in [1.54, 1.807) is 0 Å². The van der Waals surface area contributed by atoms with Crippen molar-refractivity contribution in [2.75, 3.05) is 26.4 Å². The topological polar surface area (TPSA) is 64.7 Å². The van der Waals surface area contributed by atoms with Crippen molar-refractivity contribution in [3.63, 3.8) is 0 Å². The molecule has 0 bridgehead atoms. The van der Waals surface area contributed by atoms with E-state index in [4.69, 9.17) is 15.2 Å². The average molecular weight is 265 g/mol. The summed E-state index contributed by atoms with van der Waals surface area (Å²) in [6.07, 6.45) is 1.02. The van der Waals surface area contributed by atoms with Gasteiger partial charge in [-0.05, 0) is 37.5 Å². The highest BCUT2D eigenvalue weighted by Gasteiger charge is 2.39. The maximum absolute atomic E-state index is 10.7. The zero-order chi connectivity index (χ0) is 13.7. The zero-order valence-corrected chi connectivity index (χ0v) is 11.5. The van der Waals surface area contributed by atoms with Gasteiger partial charge in [0.15, 0.2) is 0 Å². The first-order valence-electron chi connectivity index (χ1n) is 6.90. The number of hydrogen-bond acceptors (Lipinski definition) is 4.